The number of carbonyl (C=O) groups is 3. The van der Waals surface area contributed by atoms with Crippen molar-refractivity contribution >= 4 is 17.8 Å². The van der Waals surface area contributed by atoms with E-state index in [1.807, 2.05) is 0 Å². The largest absolute Gasteiger partial charge is 0.489 e. The first-order valence-corrected chi connectivity index (χ1v) is 11.9. The minimum Gasteiger partial charge on any atom is -0.489 e. The Kier molecular flexibility index (Phi) is 7.91. The lowest BCUT2D eigenvalue weighted by Gasteiger charge is -2.23. The van der Waals surface area contributed by atoms with Gasteiger partial charge in [-0.1, -0.05) is 0 Å². The number of ether oxygens (including phenoxy) is 2. The van der Waals surface area contributed by atoms with Gasteiger partial charge in [-0.25, -0.2) is 4.98 Å². The van der Waals surface area contributed by atoms with E-state index in [9.17, 15) is 23.2 Å². The quantitative estimate of drug-likeness (QED) is 0.403. The van der Waals surface area contributed by atoms with E-state index < -0.39 is 43.0 Å². The Balaban J connectivity index is 1.61. The van der Waals surface area contributed by atoms with Crippen LogP contribution in [0.4, 0.5) is 8.78 Å². The van der Waals surface area contributed by atoms with Crippen LogP contribution >= 0.6 is 0 Å². The van der Waals surface area contributed by atoms with E-state index in [-0.39, 0.29) is 35.4 Å². The fourth-order valence-electron chi connectivity index (χ4n) is 4.06. The average Bonchev–Trinajstić information content (AvgIpc) is 3.35. The van der Waals surface area contributed by atoms with Crippen LogP contribution in [-0.4, -0.2) is 65.1 Å². The van der Waals surface area contributed by atoms with Crippen molar-refractivity contribution in [2.24, 2.45) is 11.7 Å². The van der Waals surface area contributed by atoms with Crippen molar-refractivity contribution in [3.05, 3.63) is 29.7 Å². The number of rotatable bonds is 11. The third kappa shape index (κ3) is 6.34. The highest BCUT2D eigenvalue weighted by Crippen LogP contribution is 2.37. The monoisotopic (exact) mass is 522 g/mol. The normalized spacial score (nSPS) is 18.1. The molecule has 0 spiro atoms. The summed E-state index contributed by atoms with van der Waals surface area (Å²) in [4.78, 5) is 42.4. The predicted molar refractivity (Wildman–Crippen MR) is 124 cm³/mol. The molecule has 1 saturated carbocycles. The molecule has 2 atom stereocenters. The number of carboxylic acids is 1. The lowest BCUT2D eigenvalue weighted by Crippen LogP contribution is -2.47. The van der Waals surface area contributed by atoms with Crippen LogP contribution in [0.25, 0.3) is 11.5 Å². The molecule has 1 aliphatic heterocycles. The van der Waals surface area contributed by atoms with Crippen molar-refractivity contribution in [1.82, 2.24) is 15.2 Å². The summed E-state index contributed by atoms with van der Waals surface area (Å²) in [5, 5.41) is 11.1. The Morgan fingerprint density at radius 2 is 2.03 bits per heavy atom. The third-order valence-corrected chi connectivity index (χ3v) is 6.08. The molecule has 0 unspecified atom stereocenters. The molecule has 200 valence electrons. The zero-order valence-electron chi connectivity index (χ0n) is 20.1. The Morgan fingerprint density at radius 3 is 2.68 bits per heavy atom. The number of benzene rings is 1. The van der Waals surface area contributed by atoms with E-state index in [0.29, 0.717) is 30.9 Å². The fourth-order valence-corrected chi connectivity index (χ4v) is 4.06. The summed E-state index contributed by atoms with van der Waals surface area (Å²) in [7, 11) is 0. The summed E-state index contributed by atoms with van der Waals surface area (Å²) >= 11 is 0. The number of aromatic nitrogens is 1. The molecule has 1 aromatic heterocycles. The van der Waals surface area contributed by atoms with Crippen LogP contribution in [0.5, 0.6) is 11.5 Å². The number of halogens is 2. The van der Waals surface area contributed by atoms with Crippen molar-refractivity contribution in [3.63, 3.8) is 0 Å². The average molecular weight is 523 g/mol. The van der Waals surface area contributed by atoms with E-state index >= 15 is 0 Å². The van der Waals surface area contributed by atoms with Crippen LogP contribution < -0.4 is 20.5 Å². The van der Waals surface area contributed by atoms with Crippen LogP contribution in [0.1, 0.15) is 54.9 Å². The molecule has 2 aliphatic rings. The molecule has 0 bridgehead atoms. The fraction of sp³-hybridized carbons (Fsp3) is 0.500. The Labute approximate surface area is 210 Å². The molecule has 4 N–H and O–H groups in total. The van der Waals surface area contributed by atoms with Crippen LogP contribution in [-0.2, 0) is 9.59 Å². The molecule has 13 heteroatoms. The highest BCUT2D eigenvalue weighted by atomic mass is 19.3. The van der Waals surface area contributed by atoms with E-state index in [1.54, 1.807) is 6.92 Å². The molecule has 2 fully saturated rings. The Morgan fingerprint density at radius 1 is 1.27 bits per heavy atom. The molecular weight excluding hydrogens is 494 g/mol. The summed E-state index contributed by atoms with van der Waals surface area (Å²) in [6.07, 6.45) is 2.91. The summed E-state index contributed by atoms with van der Waals surface area (Å²) in [6, 6.07) is 2.62. The number of alkyl halides is 2. The minimum absolute atomic E-state index is 0.0154. The lowest BCUT2D eigenvalue weighted by molar-refractivity contribution is -0.138. The maximum Gasteiger partial charge on any atom is 0.387 e. The third-order valence-electron chi connectivity index (χ3n) is 6.08. The van der Waals surface area contributed by atoms with Gasteiger partial charge < -0.3 is 34.9 Å². The maximum absolute atomic E-state index is 13.4. The number of hydrogen-bond acceptors (Lipinski definition) is 8. The highest BCUT2D eigenvalue weighted by molar-refractivity contribution is 5.98. The van der Waals surface area contributed by atoms with Gasteiger partial charge in [0.05, 0.1) is 12.6 Å². The SMILES string of the molecule is C[C@H](N)c1oc(-c2ccc(OC(F)F)c(OCC3CC3)c2)nc1C(=O)N1CCC[C@H]1C(=O)NCC(=O)O. The number of likely N-dealkylation sites (tertiary alicyclic amines) is 1. The number of carboxylic acid groups (broad SMARTS) is 1. The second-order valence-electron chi connectivity index (χ2n) is 9.08. The van der Waals surface area contributed by atoms with Gasteiger partial charge >= 0.3 is 12.6 Å². The molecule has 1 aromatic carbocycles. The van der Waals surface area contributed by atoms with Gasteiger partial charge in [0.2, 0.25) is 11.8 Å². The maximum atomic E-state index is 13.4. The number of hydrogen-bond donors (Lipinski definition) is 3. The van der Waals surface area contributed by atoms with E-state index in [2.05, 4.69) is 15.0 Å². The molecule has 1 saturated heterocycles. The number of nitrogens with two attached hydrogens (primary N) is 1. The van der Waals surface area contributed by atoms with E-state index in [4.69, 9.17) is 20.0 Å². The van der Waals surface area contributed by atoms with Gasteiger partial charge in [-0.15, -0.1) is 0 Å². The number of carbonyl (C=O) groups excluding carboxylic acids is 2. The van der Waals surface area contributed by atoms with Gasteiger partial charge in [0, 0.05) is 12.1 Å². The second kappa shape index (κ2) is 11.1. The van der Waals surface area contributed by atoms with Gasteiger partial charge in [0.1, 0.15) is 12.6 Å². The van der Waals surface area contributed by atoms with Gasteiger partial charge in [-0.05, 0) is 56.7 Å². The predicted octanol–water partition coefficient (Wildman–Crippen LogP) is 2.56. The standard InChI is InChI=1S/C24H28F2N4O7/c1-12(27)20-19(23(34)30-8-2-3-15(30)21(33)28-10-18(31)32)29-22(37-20)14-6-7-16(36-24(25)26)17(9-14)35-11-13-4-5-13/h6-7,9,12-13,15,24H,2-5,8,10-11,27H2,1H3,(H,28,33)(H,31,32)/t12-,15-/m0/s1. The molecule has 1 aliphatic carbocycles. The lowest BCUT2D eigenvalue weighted by atomic mass is 10.1. The molecule has 2 amide bonds. The van der Waals surface area contributed by atoms with Crippen LogP contribution in [0.15, 0.2) is 22.6 Å². The van der Waals surface area contributed by atoms with Gasteiger partial charge in [0.25, 0.3) is 5.91 Å². The number of amides is 2. The van der Waals surface area contributed by atoms with Crippen molar-refractivity contribution in [2.45, 2.75) is 51.3 Å². The molecule has 37 heavy (non-hydrogen) atoms. The molecular formula is C24H28F2N4O7. The summed E-state index contributed by atoms with van der Waals surface area (Å²) in [6.45, 7) is -1.38. The number of nitrogens with one attached hydrogen (secondary N) is 1. The summed E-state index contributed by atoms with van der Waals surface area (Å²) in [5.74, 6) is -1.94. The Bertz CT molecular complexity index is 1170. The first-order chi connectivity index (χ1) is 17.6. The van der Waals surface area contributed by atoms with Gasteiger partial charge in [0.15, 0.2) is 23.0 Å². The first kappa shape index (κ1) is 26.3. The molecule has 11 nitrogen and oxygen atoms in total. The summed E-state index contributed by atoms with van der Waals surface area (Å²) in [5.41, 5.74) is 6.30. The second-order valence-corrected chi connectivity index (χ2v) is 9.08. The van der Waals surface area contributed by atoms with Crippen molar-refractivity contribution in [1.29, 1.82) is 0 Å². The first-order valence-electron chi connectivity index (χ1n) is 11.9. The van der Waals surface area contributed by atoms with Gasteiger partial charge in [-0.3, -0.25) is 14.4 Å². The van der Waals surface area contributed by atoms with Crippen molar-refractivity contribution in [2.75, 3.05) is 19.7 Å². The highest BCUT2D eigenvalue weighted by Gasteiger charge is 2.37. The number of oxazole rings is 1. The zero-order chi connectivity index (χ0) is 26.7. The number of aliphatic carboxylic acids is 1. The van der Waals surface area contributed by atoms with Crippen molar-refractivity contribution < 1.29 is 42.2 Å². The van der Waals surface area contributed by atoms with Crippen LogP contribution in [0.2, 0.25) is 0 Å². The van der Waals surface area contributed by atoms with Gasteiger partial charge in [-0.2, -0.15) is 8.78 Å². The number of nitrogens with zero attached hydrogens (tertiary/aromatic N) is 2. The topological polar surface area (TPSA) is 157 Å². The van der Waals surface area contributed by atoms with E-state index in [1.165, 1.54) is 23.1 Å². The molecule has 4 rings (SSSR count). The van der Waals surface area contributed by atoms with Crippen LogP contribution in [0, 0.1) is 5.92 Å². The zero-order valence-corrected chi connectivity index (χ0v) is 20.1. The smallest absolute Gasteiger partial charge is 0.387 e. The summed E-state index contributed by atoms with van der Waals surface area (Å²) < 4.78 is 41.8. The van der Waals surface area contributed by atoms with E-state index in [0.717, 1.165) is 12.8 Å². The minimum atomic E-state index is -3.04. The molecule has 2 heterocycles. The molecule has 0 radical (unpaired) electrons. The van der Waals surface area contributed by atoms with Crippen molar-refractivity contribution in [3.8, 4) is 23.0 Å². The Hall–Kier alpha value is -3.74. The van der Waals surface area contributed by atoms with Crippen LogP contribution in [0.3, 0.4) is 0 Å². The molecule has 2 aromatic rings.